The SMILES string of the molecule is O=C(CC(=O)OCCO)OCO. The Morgan fingerprint density at radius 2 is 1.67 bits per heavy atom. The number of hydrogen-bond acceptors (Lipinski definition) is 6. The molecule has 0 saturated carbocycles. The summed E-state index contributed by atoms with van der Waals surface area (Å²) in [5.41, 5.74) is 0. The molecular weight excluding hydrogens is 168 g/mol. The van der Waals surface area contributed by atoms with Gasteiger partial charge in [0.2, 0.25) is 0 Å². The van der Waals surface area contributed by atoms with Gasteiger partial charge in [0.05, 0.1) is 6.61 Å². The van der Waals surface area contributed by atoms with E-state index < -0.39 is 25.2 Å². The molecule has 6 heteroatoms. The molecule has 0 spiro atoms. The van der Waals surface area contributed by atoms with Crippen LogP contribution in [0.25, 0.3) is 0 Å². The summed E-state index contributed by atoms with van der Waals surface area (Å²) in [5, 5.41) is 16.3. The first-order valence-electron chi connectivity index (χ1n) is 3.23. The summed E-state index contributed by atoms with van der Waals surface area (Å²) in [6, 6.07) is 0. The minimum atomic E-state index is -0.861. The Morgan fingerprint density at radius 1 is 1.08 bits per heavy atom. The van der Waals surface area contributed by atoms with E-state index in [0.717, 1.165) is 0 Å². The number of aliphatic hydroxyl groups excluding tert-OH is 2. The fourth-order valence-electron chi connectivity index (χ4n) is 0.451. The van der Waals surface area contributed by atoms with Gasteiger partial charge in [-0.15, -0.1) is 0 Å². The van der Waals surface area contributed by atoms with Crippen LogP contribution in [0.15, 0.2) is 0 Å². The number of ether oxygens (including phenoxy) is 2. The van der Waals surface area contributed by atoms with Crippen LogP contribution in [0.3, 0.4) is 0 Å². The van der Waals surface area contributed by atoms with E-state index in [2.05, 4.69) is 9.47 Å². The average Bonchev–Trinajstić information content (AvgIpc) is 2.01. The van der Waals surface area contributed by atoms with Crippen LogP contribution in [0, 0.1) is 0 Å². The van der Waals surface area contributed by atoms with Gasteiger partial charge in [0.25, 0.3) is 0 Å². The van der Waals surface area contributed by atoms with Crippen molar-refractivity contribution in [3.8, 4) is 0 Å². The molecule has 0 aromatic carbocycles. The summed E-state index contributed by atoms with van der Waals surface area (Å²) >= 11 is 0. The lowest BCUT2D eigenvalue weighted by atomic mass is 10.4. The highest BCUT2D eigenvalue weighted by atomic mass is 16.6. The summed E-state index contributed by atoms with van der Waals surface area (Å²) in [6.07, 6.45) is -0.555. The lowest BCUT2D eigenvalue weighted by Crippen LogP contribution is -2.15. The smallest absolute Gasteiger partial charge is 0.319 e. The Hall–Kier alpha value is -1.14. The van der Waals surface area contributed by atoms with Gasteiger partial charge in [-0.25, -0.2) is 0 Å². The first-order valence-corrected chi connectivity index (χ1v) is 3.23. The molecule has 0 aliphatic carbocycles. The van der Waals surface area contributed by atoms with Gasteiger partial charge < -0.3 is 19.7 Å². The molecule has 0 radical (unpaired) electrons. The molecule has 0 fully saturated rings. The Balaban J connectivity index is 3.47. The summed E-state index contributed by atoms with van der Waals surface area (Å²) in [5.74, 6) is -1.65. The summed E-state index contributed by atoms with van der Waals surface area (Å²) in [7, 11) is 0. The summed E-state index contributed by atoms with van der Waals surface area (Å²) in [4.78, 5) is 21.0. The molecule has 0 atom stereocenters. The number of carbonyl (C=O) groups is 2. The number of esters is 2. The Morgan fingerprint density at radius 3 is 2.17 bits per heavy atom. The molecule has 6 nitrogen and oxygen atoms in total. The van der Waals surface area contributed by atoms with Crippen molar-refractivity contribution in [2.24, 2.45) is 0 Å². The Kier molecular flexibility index (Phi) is 5.94. The highest BCUT2D eigenvalue weighted by molar-refractivity contribution is 5.91. The predicted octanol–water partition coefficient (Wildman–Crippen LogP) is -1.60. The van der Waals surface area contributed by atoms with E-state index in [1.54, 1.807) is 0 Å². The second kappa shape index (κ2) is 6.56. The third kappa shape index (κ3) is 5.63. The zero-order valence-electron chi connectivity index (χ0n) is 6.36. The minimum absolute atomic E-state index is 0.148. The first-order chi connectivity index (χ1) is 5.70. The van der Waals surface area contributed by atoms with Crippen LogP contribution in [0.2, 0.25) is 0 Å². The maximum absolute atomic E-state index is 10.6. The van der Waals surface area contributed by atoms with Crippen LogP contribution in [0.1, 0.15) is 6.42 Å². The van der Waals surface area contributed by atoms with Crippen LogP contribution in [-0.2, 0) is 19.1 Å². The molecule has 70 valence electrons. The molecule has 0 heterocycles. The van der Waals surface area contributed by atoms with Crippen molar-refractivity contribution < 1.29 is 29.3 Å². The predicted molar refractivity (Wildman–Crippen MR) is 35.8 cm³/mol. The van der Waals surface area contributed by atoms with Crippen molar-refractivity contribution in [2.75, 3.05) is 20.0 Å². The maximum atomic E-state index is 10.6. The molecule has 0 rings (SSSR count). The topological polar surface area (TPSA) is 93.1 Å². The van der Waals surface area contributed by atoms with Gasteiger partial charge in [-0.05, 0) is 0 Å². The van der Waals surface area contributed by atoms with Gasteiger partial charge in [-0.3, -0.25) is 9.59 Å². The largest absolute Gasteiger partial charge is 0.463 e. The van der Waals surface area contributed by atoms with Crippen LogP contribution >= 0.6 is 0 Å². The summed E-state index contributed by atoms with van der Waals surface area (Å²) in [6.45, 7) is -1.20. The first kappa shape index (κ1) is 10.9. The van der Waals surface area contributed by atoms with Gasteiger partial charge in [0, 0.05) is 0 Å². The van der Waals surface area contributed by atoms with Crippen molar-refractivity contribution in [1.29, 1.82) is 0 Å². The van der Waals surface area contributed by atoms with Gasteiger partial charge in [0.1, 0.15) is 13.0 Å². The number of hydrogen-bond donors (Lipinski definition) is 2. The van der Waals surface area contributed by atoms with E-state index in [-0.39, 0.29) is 13.2 Å². The van der Waals surface area contributed by atoms with Gasteiger partial charge in [-0.1, -0.05) is 0 Å². The normalized spacial score (nSPS) is 9.17. The van der Waals surface area contributed by atoms with Crippen LogP contribution in [0.5, 0.6) is 0 Å². The number of rotatable bonds is 5. The van der Waals surface area contributed by atoms with E-state index in [1.165, 1.54) is 0 Å². The lowest BCUT2D eigenvalue weighted by molar-refractivity contribution is -0.159. The molecule has 0 aliphatic rings. The van der Waals surface area contributed by atoms with Crippen LogP contribution in [-0.4, -0.2) is 42.2 Å². The van der Waals surface area contributed by atoms with Crippen molar-refractivity contribution in [3.05, 3.63) is 0 Å². The van der Waals surface area contributed by atoms with Crippen LogP contribution in [0.4, 0.5) is 0 Å². The number of carbonyl (C=O) groups excluding carboxylic acids is 2. The molecule has 0 aromatic heterocycles. The minimum Gasteiger partial charge on any atom is -0.463 e. The third-order valence-electron chi connectivity index (χ3n) is 0.869. The van der Waals surface area contributed by atoms with Crippen molar-refractivity contribution in [2.45, 2.75) is 6.42 Å². The monoisotopic (exact) mass is 178 g/mol. The van der Waals surface area contributed by atoms with Gasteiger partial charge in [-0.2, -0.15) is 0 Å². The van der Waals surface area contributed by atoms with Crippen molar-refractivity contribution >= 4 is 11.9 Å². The van der Waals surface area contributed by atoms with Crippen LogP contribution < -0.4 is 0 Å². The standard InChI is InChI=1S/C6H10O6/c7-1-2-11-5(9)3-6(10)12-4-8/h7-8H,1-4H2. The van der Waals surface area contributed by atoms with E-state index in [9.17, 15) is 9.59 Å². The molecule has 0 unspecified atom stereocenters. The molecule has 0 bridgehead atoms. The molecular formula is C6H10O6. The van der Waals surface area contributed by atoms with Gasteiger partial charge >= 0.3 is 11.9 Å². The van der Waals surface area contributed by atoms with Crippen molar-refractivity contribution in [3.63, 3.8) is 0 Å². The maximum Gasteiger partial charge on any atom is 0.319 e. The van der Waals surface area contributed by atoms with E-state index in [4.69, 9.17) is 10.2 Å². The average molecular weight is 178 g/mol. The molecule has 0 aromatic rings. The molecule has 2 N–H and O–H groups in total. The molecule has 0 aliphatic heterocycles. The van der Waals surface area contributed by atoms with E-state index in [1.807, 2.05) is 0 Å². The van der Waals surface area contributed by atoms with E-state index in [0.29, 0.717) is 0 Å². The Bertz CT molecular complexity index is 154. The lowest BCUT2D eigenvalue weighted by Gasteiger charge is -2.01. The quantitative estimate of drug-likeness (QED) is 0.299. The third-order valence-corrected chi connectivity index (χ3v) is 0.869. The zero-order valence-corrected chi connectivity index (χ0v) is 6.36. The zero-order chi connectivity index (χ0) is 9.40. The Labute approximate surface area is 68.7 Å². The fourth-order valence-corrected chi connectivity index (χ4v) is 0.451. The fraction of sp³-hybridized carbons (Fsp3) is 0.667. The second-order valence-corrected chi connectivity index (χ2v) is 1.77. The van der Waals surface area contributed by atoms with Gasteiger partial charge in [0.15, 0.2) is 6.79 Å². The molecule has 0 saturated heterocycles. The second-order valence-electron chi connectivity index (χ2n) is 1.77. The van der Waals surface area contributed by atoms with E-state index >= 15 is 0 Å². The highest BCUT2D eigenvalue weighted by Crippen LogP contribution is 1.89. The summed E-state index contributed by atoms with van der Waals surface area (Å²) < 4.78 is 8.38. The van der Waals surface area contributed by atoms with Crippen molar-refractivity contribution in [1.82, 2.24) is 0 Å². The highest BCUT2D eigenvalue weighted by Gasteiger charge is 2.10. The molecule has 0 amide bonds. The molecule has 12 heavy (non-hydrogen) atoms. The number of aliphatic hydroxyl groups is 2.